The van der Waals surface area contributed by atoms with Crippen LogP contribution in [0.4, 0.5) is 24.5 Å². The molecule has 1 aliphatic heterocycles. The van der Waals surface area contributed by atoms with Gasteiger partial charge in [-0.1, -0.05) is 36.4 Å². The molecular formula is C25H21F3N2O3S. The van der Waals surface area contributed by atoms with Crippen LogP contribution in [-0.2, 0) is 22.6 Å². The predicted octanol–water partition coefficient (Wildman–Crippen LogP) is 5.29. The second-order valence-corrected chi connectivity index (χ2v) is 9.60. The van der Waals surface area contributed by atoms with E-state index < -0.39 is 21.8 Å². The van der Waals surface area contributed by atoms with Crippen molar-refractivity contribution in [2.24, 2.45) is 0 Å². The molecule has 0 fully saturated rings. The van der Waals surface area contributed by atoms with Crippen molar-refractivity contribution in [2.45, 2.75) is 17.5 Å². The van der Waals surface area contributed by atoms with Crippen molar-refractivity contribution in [1.29, 1.82) is 0 Å². The number of para-hydroxylation sites is 1. The fraction of sp³-hybridized carbons (Fsp3) is 0.160. The maximum Gasteiger partial charge on any atom is 0.416 e. The second kappa shape index (κ2) is 8.98. The molecule has 1 amide bonds. The van der Waals surface area contributed by atoms with Gasteiger partial charge in [-0.3, -0.25) is 9.10 Å². The van der Waals surface area contributed by atoms with Crippen LogP contribution >= 0.6 is 0 Å². The smallest absolute Gasteiger partial charge is 0.308 e. The zero-order chi connectivity index (χ0) is 24.5. The molecule has 0 saturated heterocycles. The Kier molecular flexibility index (Phi) is 6.22. The molecule has 0 radical (unpaired) electrons. The van der Waals surface area contributed by atoms with Gasteiger partial charge in [0.1, 0.15) is 0 Å². The van der Waals surface area contributed by atoms with E-state index in [2.05, 4.69) is 6.58 Å². The average molecular weight is 487 g/mol. The Morgan fingerprint density at radius 2 is 1.76 bits per heavy atom. The van der Waals surface area contributed by atoms with E-state index in [0.29, 0.717) is 13.0 Å². The van der Waals surface area contributed by atoms with E-state index in [1.807, 2.05) is 24.3 Å². The first kappa shape index (κ1) is 23.6. The molecule has 4 rings (SSSR count). The zero-order valence-corrected chi connectivity index (χ0v) is 18.8. The molecule has 9 heteroatoms. The number of rotatable bonds is 6. The molecule has 3 aromatic rings. The number of anilines is 2. The van der Waals surface area contributed by atoms with Crippen molar-refractivity contribution in [3.63, 3.8) is 0 Å². The number of alkyl halides is 3. The first-order valence-corrected chi connectivity index (χ1v) is 11.9. The normalized spacial score (nSPS) is 13.4. The highest BCUT2D eigenvalue weighted by Gasteiger charge is 2.33. The molecule has 0 unspecified atom stereocenters. The van der Waals surface area contributed by atoms with Crippen molar-refractivity contribution < 1.29 is 26.4 Å². The third-order valence-corrected chi connectivity index (χ3v) is 7.35. The molecule has 0 N–H and O–H groups in total. The fourth-order valence-corrected chi connectivity index (χ4v) is 5.39. The maximum absolute atomic E-state index is 13.5. The Morgan fingerprint density at radius 1 is 1.03 bits per heavy atom. The number of nitrogens with zero attached hydrogens (tertiary/aromatic N) is 2. The Morgan fingerprint density at radius 3 is 2.50 bits per heavy atom. The lowest BCUT2D eigenvalue weighted by molar-refractivity contribution is -0.137. The number of benzene rings is 3. The van der Waals surface area contributed by atoms with Crippen LogP contribution in [0.1, 0.15) is 21.5 Å². The van der Waals surface area contributed by atoms with Gasteiger partial charge in [-0.25, -0.2) is 8.42 Å². The Balaban J connectivity index is 1.70. The van der Waals surface area contributed by atoms with E-state index in [4.69, 9.17) is 0 Å². The van der Waals surface area contributed by atoms with Gasteiger partial charge in [-0.15, -0.1) is 6.58 Å². The quantitative estimate of drug-likeness (QED) is 0.445. The number of hydrogen-bond acceptors (Lipinski definition) is 3. The highest BCUT2D eigenvalue weighted by molar-refractivity contribution is 7.92. The van der Waals surface area contributed by atoms with Crippen LogP contribution in [0.3, 0.4) is 0 Å². The molecule has 0 saturated carbocycles. The number of fused-ring (bicyclic) bond motifs is 1. The van der Waals surface area contributed by atoms with Crippen molar-refractivity contribution >= 4 is 27.3 Å². The summed E-state index contributed by atoms with van der Waals surface area (Å²) < 4.78 is 67.3. The number of carbonyl (C=O) groups is 1. The lowest BCUT2D eigenvalue weighted by Crippen LogP contribution is -2.32. The third-order valence-electron chi connectivity index (χ3n) is 5.56. The van der Waals surface area contributed by atoms with Gasteiger partial charge in [-0.05, 0) is 54.4 Å². The van der Waals surface area contributed by atoms with Gasteiger partial charge in [-0.2, -0.15) is 13.2 Å². The van der Waals surface area contributed by atoms with E-state index in [1.54, 1.807) is 4.90 Å². The molecule has 0 spiro atoms. The molecule has 34 heavy (non-hydrogen) atoms. The minimum Gasteiger partial charge on any atom is -0.308 e. The van der Waals surface area contributed by atoms with Crippen LogP contribution in [0, 0.1) is 0 Å². The van der Waals surface area contributed by atoms with E-state index >= 15 is 0 Å². The summed E-state index contributed by atoms with van der Waals surface area (Å²) in [5.74, 6) is -0.351. The third kappa shape index (κ3) is 4.43. The van der Waals surface area contributed by atoms with Crippen LogP contribution in [0.15, 0.2) is 90.3 Å². The molecule has 176 valence electrons. The van der Waals surface area contributed by atoms with Crippen LogP contribution in [0.5, 0.6) is 0 Å². The minimum atomic E-state index is -4.63. The predicted molar refractivity (Wildman–Crippen MR) is 124 cm³/mol. The van der Waals surface area contributed by atoms with E-state index in [9.17, 15) is 26.4 Å². The van der Waals surface area contributed by atoms with Crippen molar-refractivity contribution in [2.75, 3.05) is 22.3 Å². The van der Waals surface area contributed by atoms with Gasteiger partial charge in [0.25, 0.3) is 15.9 Å². The average Bonchev–Trinajstić information content (AvgIpc) is 3.26. The number of hydrogen-bond donors (Lipinski definition) is 0. The topological polar surface area (TPSA) is 57.7 Å². The van der Waals surface area contributed by atoms with Crippen LogP contribution in [-0.4, -0.2) is 27.4 Å². The van der Waals surface area contributed by atoms with E-state index in [-0.39, 0.29) is 28.6 Å². The molecule has 0 aromatic heterocycles. The highest BCUT2D eigenvalue weighted by Crippen LogP contribution is 2.34. The summed E-state index contributed by atoms with van der Waals surface area (Å²) in [6.45, 7) is 3.76. The van der Waals surface area contributed by atoms with E-state index in [0.717, 1.165) is 33.8 Å². The van der Waals surface area contributed by atoms with Gasteiger partial charge in [0.05, 0.1) is 22.7 Å². The molecule has 0 bridgehead atoms. The van der Waals surface area contributed by atoms with Gasteiger partial charge in [0.15, 0.2) is 0 Å². The van der Waals surface area contributed by atoms with Gasteiger partial charge in [0.2, 0.25) is 0 Å². The van der Waals surface area contributed by atoms with Crippen LogP contribution in [0.25, 0.3) is 0 Å². The van der Waals surface area contributed by atoms with Gasteiger partial charge in [0, 0.05) is 17.8 Å². The molecule has 1 aliphatic rings. The molecule has 0 atom stereocenters. The van der Waals surface area contributed by atoms with Crippen molar-refractivity contribution in [3.8, 4) is 0 Å². The van der Waals surface area contributed by atoms with Crippen molar-refractivity contribution in [3.05, 3.63) is 102 Å². The SMILES string of the molecule is C=CCN(c1cccc(C(F)(F)F)c1)S(=O)(=O)c1cccc(C(=O)N2CCc3ccccc32)c1. The van der Waals surface area contributed by atoms with E-state index in [1.165, 1.54) is 36.4 Å². The fourth-order valence-electron chi connectivity index (χ4n) is 3.92. The first-order chi connectivity index (χ1) is 16.1. The summed E-state index contributed by atoms with van der Waals surface area (Å²) in [5, 5.41) is 0. The standard InChI is InChI=1S/C25H21F3N2O3S/c1-2-14-30(21-10-6-9-20(17-21)25(26,27)28)34(32,33)22-11-5-8-19(16-22)24(31)29-15-13-18-7-3-4-12-23(18)29/h2-12,16-17H,1,13-15H2. The number of sulfonamides is 1. The maximum atomic E-state index is 13.5. The summed E-state index contributed by atoms with van der Waals surface area (Å²) >= 11 is 0. The molecule has 3 aromatic carbocycles. The summed E-state index contributed by atoms with van der Waals surface area (Å²) in [4.78, 5) is 14.6. The Hall–Kier alpha value is -3.59. The highest BCUT2D eigenvalue weighted by atomic mass is 32.2. The molecule has 1 heterocycles. The lowest BCUT2D eigenvalue weighted by Gasteiger charge is -2.24. The van der Waals surface area contributed by atoms with Crippen LogP contribution < -0.4 is 9.21 Å². The van der Waals surface area contributed by atoms with Crippen LogP contribution in [0.2, 0.25) is 0 Å². The molecule has 0 aliphatic carbocycles. The number of halogens is 3. The summed E-state index contributed by atoms with van der Waals surface area (Å²) in [7, 11) is -4.29. The summed E-state index contributed by atoms with van der Waals surface area (Å²) in [6, 6.07) is 17.1. The van der Waals surface area contributed by atoms with Crippen molar-refractivity contribution in [1.82, 2.24) is 0 Å². The Labute approximate surface area is 195 Å². The number of amides is 1. The van der Waals surface area contributed by atoms with Gasteiger partial charge >= 0.3 is 6.18 Å². The summed E-state index contributed by atoms with van der Waals surface area (Å²) in [5.41, 5.74) is 0.852. The van der Waals surface area contributed by atoms with Gasteiger partial charge < -0.3 is 4.90 Å². The molecule has 5 nitrogen and oxygen atoms in total. The summed E-state index contributed by atoms with van der Waals surface area (Å²) in [6.07, 6.45) is -2.64. The second-order valence-electron chi connectivity index (χ2n) is 7.74. The largest absolute Gasteiger partial charge is 0.416 e. The zero-order valence-electron chi connectivity index (χ0n) is 18.0. The molecular weight excluding hydrogens is 465 g/mol. The minimum absolute atomic E-state index is 0.153. The first-order valence-electron chi connectivity index (χ1n) is 10.4. The lowest BCUT2D eigenvalue weighted by atomic mass is 10.1. The monoisotopic (exact) mass is 486 g/mol. The number of carbonyl (C=O) groups excluding carboxylic acids is 1. The Bertz CT molecular complexity index is 1350.